The minimum Gasteiger partial charge on any atom is -0.389 e. The molecule has 0 bridgehead atoms. The van der Waals surface area contributed by atoms with E-state index in [-0.39, 0.29) is 5.92 Å². The standard InChI is InChI=1S/C19H26O/c1-2-3-12-18(19(20)15-8-5-9-16-19)14-13-17-10-6-4-7-11-17/h4,6-7,10-11,18,20H,2-3,5,8-9,12,15-16H2,1H3. The van der Waals surface area contributed by atoms with Crippen molar-refractivity contribution in [1.82, 2.24) is 0 Å². The molecule has 0 aliphatic heterocycles. The second-order valence-electron chi connectivity index (χ2n) is 5.99. The van der Waals surface area contributed by atoms with Gasteiger partial charge in [0, 0.05) is 11.5 Å². The van der Waals surface area contributed by atoms with E-state index in [2.05, 4.69) is 18.8 Å². The van der Waals surface area contributed by atoms with Crippen molar-refractivity contribution in [3.8, 4) is 11.8 Å². The number of hydrogen-bond donors (Lipinski definition) is 1. The van der Waals surface area contributed by atoms with Crippen molar-refractivity contribution in [2.24, 2.45) is 5.92 Å². The van der Waals surface area contributed by atoms with Crippen LogP contribution >= 0.6 is 0 Å². The van der Waals surface area contributed by atoms with Crippen molar-refractivity contribution in [3.05, 3.63) is 35.9 Å². The summed E-state index contributed by atoms with van der Waals surface area (Å²) < 4.78 is 0. The van der Waals surface area contributed by atoms with Gasteiger partial charge in [0.05, 0.1) is 5.60 Å². The molecule has 1 nitrogen and oxygen atoms in total. The summed E-state index contributed by atoms with van der Waals surface area (Å²) in [6.07, 6.45) is 8.73. The summed E-state index contributed by atoms with van der Waals surface area (Å²) in [7, 11) is 0. The fourth-order valence-corrected chi connectivity index (χ4v) is 3.09. The Balaban J connectivity index is 2.13. The molecule has 1 aromatic carbocycles. The summed E-state index contributed by atoms with van der Waals surface area (Å²) >= 11 is 0. The van der Waals surface area contributed by atoms with Crippen LogP contribution in [0.25, 0.3) is 0 Å². The van der Waals surface area contributed by atoms with E-state index in [1.54, 1.807) is 0 Å². The van der Waals surface area contributed by atoms with Gasteiger partial charge in [-0.1, -0.05) is 69.1 Å². The summed E-state index contributed by atoms with van der Waals surface area (Å²) in [6, 6.07) is 10.1. The van der Waals surface area contributed by atoms with Gasteiger partial charge in [0.25, 0.3) is 0 Å². The van der Waals surface area contributed by atoms with Gasteiger partial charge >= 0.3 is 0 Å². The van der Waals surface area contributed by atoms with Gasteiger partial charge in [0.1, 0.15) is 0 Å². The van der Waals surface area contributed by atoms with Crippen LogP contribution in [-0.4, -0.2) is 10.7 Å². The van der Waals surface area contributed by atoms with Gasteiger partial charge < -0.3 is 5.11 Å². The van der Waals surface area contributed by atoms with E-state index in [1.165, 1.54) is 12.8 Å². The van der Waals surface area contributed by atoms with Gasteiger partial charge in [-0.2, -0.15) is 0 Å². The van der Waals surface area contributed by atoms with Gasteiger partial charge in [-0.15, -0.1) is 0 Å². The van der Waals surface area contributed by atoms with E-state index in [0.29, 0.717) is 0 Å². The van der Waals surface area contributed by atoms with E-state index in [9.17, 15) is 5.11 Å². The molecule has 0 aromatic heterocycles. The molecular weight excluding hydrogens is 244 g/mol. The maximum atomic E-state index is 10.9. The predicted octanol–water partition coefficient (Wildman–Crippen LogP) is 4.54. The van der Waals surface area contributed by atoms with Crippen LogP contribution in [0.4, 0.5) is 0 Å². The average molecular weight is 270 g/mol. The molecule has 2 rings (SSSR count). The van der Waals surface area contributed by atoms with E-state index in [1.807, 2.05) is 30.3 Å². The maximum absolute atomic E-state index is 10.9. The Morgan fingerprint density at radius 1 is 1.15 bits per heavy atom. The number of hydrogen-bond acceptors (Lipinski definition) is 1. The van der Waals surface area contributed by atoms with Crippen LogP contribution in [0.2, 0.25) is 0 Å². The Bertz CT molecular complexity index is 446. The summed E-state index contributed by atoms with van der Waals surface area (Å²) in [5, 5.41) is 10.9. The Hall–Kier alpha value is -1.26. The van der Waals surface area contributed by atoms with Gasteiger partial charge in [-0.25, -0.2) is 0 Å². The zero-order valence-corrected chi connectivity index (χ0v) is 12.6. The summed E-state index contributed by atoms with van der Waals surface area (Å²) in [4.78, 5) is 0. The number of benzene rings is 1. The minimum atomic E-state index is -0.546. The molecule has 0 heterocycles. The molecule has 1 saturated carbocycles. The molecule has 0 radical (unpaired) electrons. The zero-order valence-electron chi connectivity index (χ0n) is 12.6. The van der Waals surface area contributed by atoms with E-state index in [0.717, 1.165) is 44.1 Å². The molecule has 1 heteroatoms. The van der Waals surface area contributed by atoms with E-state index in [4.69, 9.17) is 0 Å². The van der Waals surface area contributed by atoms with Crippen LogP contribution in [0, 0.1) is 17.8 Å². The monoisotopic (exact) mass is 270 g/mol. The lowest BCUT2D eigenvalue weighted by Gasteiger charge is -2.36. The quantitative estimate of drug-likeness (QED) is 0.796. The molecule has 1 fully saturated rings. The van der Waals surface area contributed by atoms with Crippen LogP contribution in [-0.2, 0) is 0 Å². The van der Waals surface area contributed by atoms with Crippen LogP contribution < -0.4 is 0 Å². The fraction of sp³-hybridized carbons (Fsp3) is 0.579. The topological polar surface area (TPSA) is 20.2 Å². The van der Waals surface area contributed by atoms with Crippen molar-refractivity contribution in [2.75, 3.05) is 0 Å². The third-order valence-electron chi connectivity index (χ3n) is 4.38. The second-order valence-corrected chi connectivity index (χ2v) is 5.99. The van der Waals surface area contributed by atoms with E-state index < -0.39 is 5.60 Å². The Labute approximate surface area is 123 Å². The van der Waals surface area contributed by atoms with Crippen molar-refractivity contribution < 1.29 is 5.11 Å². The Morgan fingerprint density at radius 2 is 1.85 bits per heavy atom. The zero-order chi connectivity index (χ0) is 14.3. The third kappa shape index (κ3) is 4.12. The molecule has 1 atom stereocenters. The average Bonchev–Trinajstić information content (AvgIpc) is 2.49. The number of aliphatic hydroxyl groups is 1. The summed E-state index contributed by atoms with van der Waals surface area (Å²) in [5.74, 6) is 6.77. The van der Waals surface area contributed by atoms with Crippen molar-refractivity contribution in [1.29, 1.82) is 0 Å². The third-order valence-corrected chi connectivity index (χ3v) is 4.38. The first-order valence-corrected chi connectivity index (χ1v) is 8.03. The molecule has 1 aliphatic rings. The number of unbranched alkanes of at least 4 members (excludes halogenated alkanes) is 1. The lowest BCUT2D eigenvalue weighted by atomic mass is 9.74. The maximum Gasteiger partial charge on any atom is 0.0784 e. The Morgan fingerprint density at radius 3 is 2.50 bits per heavy atom. The van der Waals surface area contributed by atoms with Crippen molar-refractivity contribution >= 4 is 0 Å². The lowest BCUT2D eigenvalue weighted by molar-refractivity contribution is -0.0328. The van der Waals surface area contributed by atoms with Gasteiger partial charge in [-0.3, -0.25) is 0 Å². The normalized spacial score (nSPS) is 18.9. The van der Waals surface area contributed by atoms with Gasteiger partial charge in [0.15, 0.2) is 0 Å². The first kappa shape index (κ1) is 15.1. The molecule has 0 saturated heterocycles. The minimum absolute atomic E-state index is 0.128. The highest BCUT2D eigenvalue weighted by molar-refractivity contribution is 5.34. The molecule has 1 aromatic rings. The van der Waals surface area contributed by atoms with E-state index >= 15 is 0 Å². The van der Waals surface area contributed by atoms with Crippen LogP contribution in [0.5, 0.6) is 0 Å². The predicted molar refractivity (Wildman–Crippen MR) is 84.4 cm³/mol. The fourth-order valence-electron chi connectivity index (χ4n) is 3.09. The Kier molecular flexibility index (Phi) is 5.68. The lowest BCUT2D eigenvalue weighted by Crippen LogP contribution is -2.39. The molecule has 1 aliphatic carbocycles. The smallest absolute Gasteiger partial charge is 0.0784 e. The van der Waals surface area contributed by atoms with Crippen LogP contribution in [0.1, 0.15) is 63.9 Å². The number of rotatable bonds is 4. The molecule has 0 amide bonds. The van der Waals surface area contributed by atoms with Crippen LogP contribution in [0.3, 0.4) is 0 Å². The second kappa shape index (κ2) is 7.50. The molecule has 1 N–H and O–H groups in total. The van der Waals surface area contributed by atoms with Crippen LogP contribution in [0.15, 0.2) is 30.3 Å². The molecule has 1 unspecified atom stereocenters. The highest BCUT2D eigenvalue weighted by Crippen LogP contribution is 2.36. The molecule has 108 valence electrons. The summed E-state index contributed by atoms with van der Waals surface area (Å²) in [6.45, 7) is 2.20. The van der Waals surface area contributed by atoms with Crippen molar-refractivity contribution in [3.63, 3.8) is 0 Å². The largest absolute Gasteiger partial charge is 0.389 e. The molecular formula is C19H26O. The first-order valence-electron chi connectivity index (χ1n) is 8.03. The van der Waals surface area contributed by atoms with Crippen molar-refractivity contribution in [2.45, 2.75) is 63.9 Å². The highest BCUT2D eigenvalue weighted by Gasteiger charge is 2.36. The molecule has 20 heavy (non-hydrogen) atoms. The molecule has 0 spiro atoms. The van der Waals surface area contributed by atoms with Gasteiger partial charge in [0.2, 0.25) is 0 Å². The SMILES string of the molecule is CCCCC(C#Cc1ccccc1)C1(O)CCCCC1. The van der Waals surface area contributed by atoms with Gasteiger partial charge in [-0.05, 0) is 31.4 Å². The highest BCUT2D eigenvalue weighted by atomic mass is 16.3. The first-order chi connectivity index (χ1) is 9.74. The summed E-state index contributed by atoms with van der Waals surface area (Å²) in [5.41, 5.74) is 0.503.